The Morgan fingerprint density at radius 1 is 1.35 bits per heavy atom. The Balaban J connectivity index is 1.46. The Morgan fingerprint density at radius 3 is 2.85 bits per heavy atom. The number of urea groups is 1. The molecule has 7 heteroatoms. The molecule has 1 saturated heterocycles. The van der Waals surface area contributed by atoms with Crippen LogP contribution in [-0.2, 0) is 11.2 Å². The average molecular weight is 372 g/mol. The van der Waals surface area contributed by atoms with Gasteiger partial charge in [-0.3, -0.25) is 4.79 Å². The van der Waals surface area contributed by atoms with Gasteiger partial charge in [0.25, 0.3) is 0 Å². The zero-order chi connectivity index (χ0) is 18.5. The third-order valence-electron chi connectivity index (χ3n) is 4.34. The Bertz CT molecular complexity index is 803. The molecule has 1 aliphatic heterocycles. The number of aryl methyl sites for hydroxylation is 3. The quantitative estimate of drug-likeness (QED) is 0.760. The SMILES string of the molecule is Cc1csc(CCCNC(=O)Nc2ccc(N3CCCC3=O)c(C)c2)n1. The standard InChI is InChI=1S/C19H24N4O2S/c1-13-11-15(7-8-16(13)23-10-4-6-18(23)24)22-19(25)20-9-3-5-17-21-14(2)12-26-17/h7-8,11-12H,3-6,9-10H2,1-2H3,(H2,20,22,25). The second-order valence-electron chi connectivity index (χ2n) is 6.52. The van der Waals surface area contributed by atoms with Crippen LogP contribution < -0.4 is 15.5 Å². The monoisotopic (exact) mass is 372 g/mol. The van der Waals surface area contributed by atoms with E-state index in [-0.39, 0.29) is 11.9 Å². The van der Waals surface area contributed by atoms with E-state index in [2.05, 4.69) is 15.6 Å². The van der Waals surface area contributed by atoms with E-state index in [9.17, 15) is 9.59 Å². The summed E-state index contributed by atoms with van der Waals surface area (Å²) in [6.07, 6.45) is 3.25. The normalized spacial score (nSPS) is 13.9. The molecule has 3 rings (SSSR count). The molecular weight excluding hydrogens is 348 g/mol. The summed E-state index contributed by atoms with van der Waals surface area (Å²) < 4.78 is 0. The fraction of sp³-hybridized carbons (Fsp3) is 0.421. The van der Waals surface area contributed by atoms with Crippen LogP contribution >= 0.6 is 11.3 Å². The maximum absolute atomic E-state index is 12.0. The molecule has 2 aromatic rings. The van der Waals surface area contributed by atoms with Crippen LogP contribution in [0.4, 0.5) is 16.2 Å². The zero-order valence-electron chi connectivity index (χ0n) is 15.2. The summed E-state index contributed by atoms with van der Waals surface area (Å²) >= 11 is 1.66. The van der Waals surface area contributed by atoms with Crippen molar-refractivity contribution in [2.75, 3.05) is 23.3 Å². The van der Waals surface area contributed by atoms with E-state index in [1.54, 1.807) is 11.3 Å². The molecule has 0 bridgehead atoms. The van der Waals surface area contributed by atoms with E-state index >= 15 is 0 Å². The van der Waals surface area contributed by atoms with Crippen LogP contribution in [0.1, 0.15) is 35.5 Å². The summed E-state index contributed by atoms with van der Waals surface area (Å²) in [6, 6.07) is 5.42. The number of carbonyl (C=O) groups excluding carboxylic acids is 2. The van der Waals surface area contributed by atoms with Gasteiger partial charge >= 0.3 is 6.03 Å². The first-order valence-electron chi connectivity index (χ1n) is 8.90. The molecule has 1 fully saturated rings. The van der Waals surface area contributed by atoms with Gasteiger partial charge in [0.1, 0.15) is 0 Å². The second kappa shape index (κ2) is 8.31. The van der Waals surface area contributed by atoms with Gasteiger partial charge in [-0.05, 0) is 50.5 Å². The van der Waals surface area contributed by atoms with Crippen LogP contribution in [0.3, 0.4) is 0 Å². The first kappa shape index (κ1) is 18.4. The van der Waals surface area contributed by atoms with Gasteiger partial charge in [-0.2, -0.15) is 0 Å². The number of thiazole rings is 1. The van der Waals surface area contributed by atoms with Gasteiger partial charge in [0.2, 0.25) is 5.91 Å². The van der Waals surface area contributed by atoms with Crippen molar-refractivity contribution in [3.63, 3.8) is 0 Å². The lowest BCUT2D eigenvalue weighted by Gasteiger charge is -2.19. The van der Waals surface area contributed by atoms with Crippen molar-refractivity contribution >= 4 is 34.6 Å². The topological polar surface area (TPSA) is 74.3 Å². The molecule has 2 N–H and O–H groups in total. The molecule has 0 radical (unpaired) electrons. The predicted octanol–water partition coefficient (Wildman–Crippen LogP) is 3.64. The molecular formula is C19H24N4O2S. The number of hydrogen-bond donors (Lipinski definition) is 2. The summed E-state index contributed by atoms with van der Waals surface area (Å²) in [6.45, 7) is 5.31. The molecule has 138 valence electrons. The molecule has 0 spiro atoms. The van der Waals surface area contributed by atoms with Gasteiger partial charge in [0, 0.05) is 48.4 Å². The van der Waals surface area contributed by atoms with E-state index in [0.29, 0.717) is 13.0 Å². The molecule has 1 aromatic carbocycles. The van der Waals surface area contributed by atoms with E-state index < -0.39 is 0 Å². The number of rotatable bonds is 6. The van der Waals surface area contributed by atoms with Crippen molar-refractivity contribution in [1.29, 1.82) is 0 Å². The van der Waals surface area contributed by atoms with Gasteiger partial charge in [-0.1, -0.05) is 0 Å². The van der Waals surface area contributed by atoms with Gasteiger partial charge in [-0.25, -0.2) is 9.78 Å². The third kappa shape index (κ3) is 4.60. The van der Waals surface area contributed by atoms with Crippen LogP contribution in [0.2, 0.25) is 0 Å². The minimum Gasteiger partial charge on any atom is -0.338 e. The Kier molecular flexibility index (Phi) is 5.88. The zero-order valence-corrected chi connectivity index (χ0v) is 16.0. The maximum atomic E-state index is 12.0. The summed E-state index contributed by atoms with van der Waals surface area (Å²) in [5.41, 5.74) is 3.69. The molecule has 1 aliphatic rings. The lowest BCUT2D eigenvalue weighted by atomic mass is 10.1. The Hall–Kier alpha value is -2.41. The lowest BCUT2D eigenvalue weighted by Crippen LogP contribution is -2.30. The number of benzene rings is 1. The molecule has 0 unspecified atom stereocenters. The minimum absolute atomic E-state index is 0.168. The lowest BCUT2D eigenvalue weighted by molar-refractivity contribution is -0.117. The van der Waals surface area contributed by atoms with Crippen molar-refractivity contribution in [1.82, 2.24) is 10.3 Å². The molecule has 2 heterocycles. The molecule has 3 amide bonds. The molecule has 1 aromatic heterocycles. The number of anilines is 2. The highest BCUT2D eigenvalue weighted by Crippen LogP contribution is 2.27. The molecule has 0 saturated carbocycles. The Labute approximate surface area is 157 Å². The number of aromatic nitrogens is 1. The first-order valence-corrected chi connectivity index (χ1v) is 9.78. The highest BCUT2D eigenvalue weighted by atomic mass is 32.1. The van der Waals surface area contributed by atoms with Crippen LogP contribution in [0, 0.1) is 13.8 Å². The molecule has 6 nitrogen and oxygen atoms in total. The van der Waals surface area contributed by atoms with Gasteiger partial charge in [0.15, 0.2) is 0 Å². The van der Waals surface area contributed by atoms with E-state index in [1.165, 1.54) is 0 Å². The minimum atomic E-state index is -0.218. The van der Waals surface area contributed by atoms with E-state index in [0.717, 1.165) is 53.4 Å². The summed E-state index contributed by atoms with van der Waals surface area (Å²) in [7, 11) is 0. The summed E-state index contributed by atoms with van der Waals surface area (Å²) in [5.74, 6) is 0.168. The highest BCUT2D eigenvalue weighted by Gasteiger charge is 2.22. The predicted molar refractivity (Wildman–Crippen MR) is 105 cm³/mol. The smallest absolute Gasteiger partial charge is 0.319 e. The van der Waals surface area contributed by atoms with Crippen LogP contribution in [-0.4, -0.2) is 30.0 Å². The Morgan fingerprint density at radius 2 is 2.19 bits per heavy atom. The van der Waals surface area contributed by atoms with Crippen molar-refractivity contribution in [3.8, 4) is 0 Å². The largest absolute Gasteiger partial charge is 0.338 e. The van der Waals surface area contributed by atoms with Crippen molar-refractivity contribution in [3.05, 3.63) is 39.8 Å². The fourth-order valence-corrected chi connectivity index (χ4v) is 3.89. The number of hydrogen-bond acceptors (Lipinski definition) is 4. The molecule has 26 heavy (non-hydrogen) atoms. The average Bonchev–Trinajstić information content (AvgIpc) is 3.20. The van der Waals surface area contributed by atoms with Crippen LogP contribution in [0.15, 0.2) is 23.6 Å². The summed E-state index contributed by atoms with van der Waals surface area (Å²) in [4.78, 5) is 30.1. The van der Waals surface area contributed by atoms with Gasteiger partial charge < -0.3 is 15.5 Å². The number of nitrogens with zero attached hydrogens (tertiary/aromatic N) is 2. The molecule has 0 aliphatic carbocycles. The number of nitrogens with one attached hydrogen (secondary N) is 2. The van der Waals surface area contributed by atoms with Gasteiger partial charge in [-0.15, -0.1) is 11.3 Å². The molecule has 0 atom stereocenters. The van der Waals surface area contributed by atoms with Crippen LogP contribution in [0.5, 0.6) is 0 Å². The number of amides is 3. The van der Waals surface area contributed by atoms with Crippen LogP contribution in [0.25, 0.3) is 0 Å². The van der Waals surface area contributed by atoms with Crippen molar-refractivity contribution in [2.45, 2.75) is 39.5 Å². The third-order valence-corrected chi connectivity index (χ3v) is 5.36. The van der Waals surface area contributed by atoms with Crippen molar-refractivity contribution in [2.24, 2.45) is 0 Å². The van der Waals surface area contributed by atoms with E-state index in [1.807, 2.05) is 42.3 Å². The highest BCUT2D eigenvalue weighted by molar-refractivity contribution is 7.09. The fourth-order valence-electron chi connectivity index (χ4n) is 3.07. The number of carbonyl (C=O) groups is 2. The summed E-state index contributed by atoms with van der Waals surface area (Å²) in [5, 5.41) is 8.86. The maximum Gasteiger partial charge on any atom is 0.319 e. The van der Waals surface area contributed by atoms with E-state index in [4.69, 9.17) is 0 Å². The first-order chi connectivity index (χ1) is 12.5. The second-order valence-corrected chi connectivity index (χ2v) is 7.46. The van der Waals surface area contributed by atoms with Crippen molar-refractivity contribution < 1.29 is 9.59 Å². The van der Waals surface area contributed by atoms with Gasteiger partial charge in [0.05, 0.1) is 5.01 Å².